The largest absolute Gasteiger partial charge is 0.364 e. The van der Waals surface area contributed by atoms with Gasteiger partial charge in [-0.2, -0.15) is 0 Å². The Bertz CT molecular complexity index is 283. The maximum absolute atomic E-state index is 5.10. The molecular formula is C13H24N2O. The molecule has 0 bridgehead atoms. The number of hydrogen-bond acceptors (Lipinski definition) is 2. The number of ether oxygens (including phenoxy) is 1. The van der Waals surface area contributed by atoms with Crippen LogP contribution in [0.3, 0.4) is 0 Å². The van der Waals surface area contributed by atoms with Crippen LogP contribution in [0.5, 0.6) is 0 Å². The van der Waals surface area contributed by atoms with Gasteiger partial charge in [0.05, 0.1) is 0 Å². The predicted octanol–water partition coefficient (Wildman–Crippen LogP) is 2.93. The number of nitrogens with one attached hydrogen (secondary N) is 1. The second-order valence-electron chi connectivity index (χ2n) is 4.17. The van der Waals surface area contributed by atoms with Crippen molar-refractivity contribution in [3.05, 3.63) is 24.0 Å². The van der Waals surface area contributed by atoms with Crippen molar-refractivity contribution in [1.82, 2.24) is 9.88 Å². The maximum Gasteiger partial charge on any atom is 0.121 e. The van der Waals surface area contributed by atoms with Gasteiger partial charge in [-0.3, -0.25) is 0 Å². The summed E-state index contributed by atoms with van der Waals surface area (Å²) in [6.45, 7) is 6.14. The molecule has 1 heterocycles. The lowest BCUT2D eigenvalue weighted by Crippen LogP contribution is -2.21. The van der Waals surface area contributed by atoms with Gasteiger partial charge < -0.3 is 14.6 Å². The first kappa shape index (κ1) is 13.3. The monoisotopic (exact) mass is 224 g/mol. The molecule has 92 valence electrons. The van der Waals surface area contributed by atoms with Crippen LogP contribution in [0, 0.1) is 0 Å². The molecule has 0 amide bonds. The zero-order chi connectivity index (χ0) is 11.8. The van der Waals surface area contributed by atoms with Crippen molar-refractivity contribution < 1.29 is 4.74 Å². The van der Waals surface area contributed by atoms with Gasteiger partial charge in [0.2, 0.25) is 0 Å². The van der Waals surface area contributed by atoms with Crippen LogP contribution in [-0.4, -0.2) is 18.2 Å². The summed E-state index contributed by atoms with van der Waals surface area (Å²) in [7, 11) is 1.72. The van der Waals surface area contributed by atoms with Gasteiger partial charge in [0.15, 0.2) is 0 Å². The van der Waals surface area contributed by atoms with Gasteiger partial charge in [0, 0.05) is 25.5 Å². The topological polar surface area (TPSA) is 26.2 Å². The number of rotatable bonds is 8. The Labute approximate surface area is 98.8 Å². The Morgan fingerprint density at radius 2 is 2.19 bits per heavy atom. The van der Waals surface area contributed by atoms with E-state index in [1.165, 1.54) is 24.8 Å². The number of nitrogens with zero attached hydrogens (tertiary/aromatic N) is 1. The molecule has 0 aliphatic rings. The van der Waals surface area contributed by atoms with Crippen molar-refractivity contribution in [2.75, 3.05) is 13.7 Å². The average Bonchev–Trinajstić information content (AvgIpc) is 2.73. The van der Waals surface area contributed by atoms with E-state index in [1.807, 2.05) is 0 Å². The van der Waals surface area contributed by atoms with E-state index in [4.69, 9.17) is 4.74 Å². The first-order chi connectivity index (χ1) is 7.81. The number of hydrogen-bond donors (Lipinski definition) is 1. The first-order valence-corrected chi connectivity index (χ1v) is 6.19. The van der Waals surface area contributed by atoms with Crippen LogP contribution in [0.1, 0.15) is 44.7 Å². The summed E-state index contributed by atoms with van der Waals surface area (Å²) in [4.78, 5) is 0. The Morgan fingerprint density at radius 1 is 1.38 bits per heavy atom. The van der Waals surface area contributed by atoms with Crippen molar-refractivity contribution in [2.24, 2.45) is 0 Å². The average molecular weight is 224 g/mol. The van der Waals surface area contributed by atoms with E-state index in [0.717, 1.165) is 6.54 Å². The molecule has 0 aliphatic carbocycles. The standard InChI is InChI=1S/C13H24N2O/c1-4-6-13(14-8-5-2)12-7-9-15(10-12)11-16-3/h7,9-10,13-14H,4-6,8,11H2,1-3H3. The predicted molar refractivity (Wildman–Crippen MR) is 67.4 cm³/mol. The van der Waals surface area contributed by atoms with Gasteiger partial charge >= 0.3 is 0 Å². The van der Waals surface area contributed by atoms with Gasteiger partial charge in [-0.15, -0.1) is 0 Å². The van der Waals surface area contributed by atoms with E-state index in [9.17, 15) is 0 Å². The lowest BCUT2D eigenvalue weighted by atomic mass is 10.1. The lowest BCUT2D eigenvalue weighted by Gasteiger charge is -2.16. The van der Waals surface area contributed by atoms with Gasteiger partial charge in [0.25, 0.3) is 0 Å². The highest BCUT2D eigenvalue weighted by Crippen LogP contribution is 2.18. The van der Waals surface area contributed by atoms with E-state index in [2.05, 4.69) is 42.2 Å². The number of methoxy groups -OCH3 is 1. The molecular weight excluding hydrogens is 200 g/mol. The van der Waals surface area contributed by atoms with Crippen molar-refractivity contribution >= 4 is 0 Å². The smallest absolute Gasteiger partial charge is 0.121 e. The molecule has 0 saturated carbocycles. The molecule has 16 heavy (non-hydrogen) atoms. The van der Waals surface area contributed by atoms with E-state index in [1.54, 1.807) is 7.11 Å². The molecule has 1 rings (SSSR count). The SMILES string of the molecule is CCCNC(CCC)c1ccn(COC)c1. The van der Waals surface area contributed by atoms with Crippen molar-refractivity contribution in [2.45, 2.75) is 45.9 Å². The van der Waals surface area contributed by atoms with Gasteiger partial charge in [0.1, 0.15) is 6.73 Å². The Hall–Kier alpha value is -0.800. The fraction of sp³-hybridized carbons (Fsp3) is 0.692. The normalized spacial score (nSPS) is 12.9. The van der Waals surface area contributed by atoms with Crippen molar-refractivity contribution in [3.8, 4) is 0 Å². The molecule has 0 radical (unpaired) electrons. The molecule has 1 unspecified atom stereocenters. The summed E-state index contributed by atoms with van der Waals surface area (Å²) in [6.07, 6.45) is 7.83. The second-order valence-corrected chi connectivity index (χ2v) is 4.17. The number of aromatic nitrogens is 1. The molecule has 1 atom stereocenters. The fourth-order valence-electron chi connectivity index (χ4n) is 1.89. The van der Waals surface area contributed by atoms with Gasteiger partial charge in [-0.1, -0.05) is 20.3 Å². The third kappa shape index (κ3) is 3.99. The van der Waals surface area contributed by atoms with Crippen LogP contribution in [-0.2, 0) is 11.5 Å². The molecule has 3 nitrogen and oxygen atoms in total. The Balaban J connectivity index is 2.59. The summed E-state index contributed by atoms with van der Waals surface area (Å²) >= 11 is 0. The van der Waals surface area contributed by atoms with Gasteiger partial charge in [-0.25, -0.2) is 0 Å². The highest BCUT2D eigenvalue weighted by molar-refractivity contribution is 5.15. The summed E-state index contributed by atoms with van der Waals surface area (Å²) in [5.41, 5.74) is 1.37. The molecule has 0 aromatic carbocycles. The van der Waals surface area contributed by atoms with E-state index >= 15 is 0 Å². The van der Waals surface area contributed by atoms with Crippen LogP contribution in [0.2, 0.25) is 0 Å². The molecule has 1 N–H and O–H groups in total. The van der Waals surface area contributed by atoms with E-state index < -0.39 is 0 Å². The lowest BCUT2D eigenvalue weighted by molar-refractivity contribution is 0.131. The third-order valence-electron chi connectivity index (χ3n) is 2.67. The van der Waals surface area contributed by atoms with Crippen LogP contribution < -0.4 is 5.32 Å². The van der Waals surface area contributed by atoms with Crippen molar-refractivity contribution in [1.29, 1.82) is 0 Å². The molecule has 1 aromatic rings. The maximum atomic E-state index is 5.10. The van der Waals surface area contributed by atoms with Crippen LogP contribution in [0.15, 0.2) is 18.5 Å². The van der Waals surface area contributed by atoms with Crippen LogP contribution >= 0.6 is 0 Å². The summed E-state index contributed by atoms with van der Waals surface area (Å²) < 4.78 is 7.18. The quantitative estimate of drug-likeness (QED) is 0.735. The van der Waals surface area contributed by atoms with Crippen molar-refractivity contribution in [3.63, 3.8) is 0 Å². The van der Waals surface area contributed by atoms with Crippen LogP contribution in [0.4, 0.5) is 0 Å². The minimum atomic E-state index is 0.489. The highest BCUT2D eigenvalue weighted by atomic mass is 16.5. The zero-order valence-corrected chi connectivity index (χ0v) is 10.7. The summed E-state index contributed by atoms with van der Waals surface area (Å²) in [6, 6.07) is 2.67. The highest BCUT2D eigenvalue weighted by Gasteiger charge is 2.10. The van der Waals surface area contributed by atoms with Crippen LogP contribution in [0.25, 0.3) is 0 Å². The Kier molecular flexibility index (Phi) is 6.19. The molecule has 1 aromatic heterocycles. The molecule has 0 aliphatic heterocycles. The van der Waals surface area contributed by atoms with Gasteiger partial charge in [-0.05, 0) is 31.0 Å². The minimum Gasteiger partial charge on any atom is -0.364 e. The van der Waals surface area contributed by atoms with E-state index in [0.29, 0.717) is 12.8 Å². The second kappa shape index (κ2) is 7.47. The third-order valence-corrected chi connectivity index (χ3v) is 2.67. The van der Waals surface area contributed by atoms with E-state index in [-0.39, 0.29) is 0 Å². The first-order valence-electron chi connectivity index (χ1n) is 6.19. The summed E-state index contributed by atoms with van der Waals surface area (Å²) in [5, 5.41) is 3.59. The Morgan fingerprint density at radius 3 is 2.81 bits per heavy atom. The zero-order valence-electron chi connectivity index (χ0n) is 10.7. The summed E-state index contributed by atoms with van der Waals surface area (Å²) in [5.74, 6) is 0. The minimum absolute atomic E-state index is 0.489. The fourth-order valence-corrected chi connectivity index (χ4v) is 1.89. The molecule has 3 heteroatoms. The molecule has 0 spiro atoms. The molecule has 0 saturated heterocycles. The molecule has 0 fully saturated rings.